The molecule has 1 aliphatic rings. The van der Waals surface area contributed by atoms with Gasteiger partial charge < -0.3 is 9.47 Å². The van der Waals surface area contributed by atoms with Crippen LogP contribution in [0.3, 0.4) is 0 Å². The van der Waals surface area contributed by atoms with E-state index in [0.717, 1.165) is 25.1 Å². The number of rotatable bonds is 8. The number of sulfone groups is 1. The second-order valence-corrected chi connectivity index (χ2v) is 9.75. The lowest BCUT2D eigenvalue weighted by Crippen LogP contribution is -2.54. The number of likely N-dealkylation sites (N-methyl/N-ethyl adjacent to an activating group) is 1. The predicted molar refractivity (Wildman–Crippen MR) is 112 cm³/mol. The largest absolute Gasteiger partial charge is 0.343 e. The highest BCUT2D eigenvalue weighted by Gasteiger charge is 2.31. The Bertz CT molecular complexity index is 940. The second-order valence-electron chi connectivity index (χ2n) is 7.58. The van der Waals surface area contributed by atoms with Crippen LogP contribution in [0.15, 0.2) is 41.7 Å². The molecular weight excluding hydrogens is 388 g/mol. The van der Waals surface area contributed by atoms with Gasteiger partial charge >= 0.3 is 0 Å². The Morgan fingerprint density at radius 3 is 2.59 bits per heavy atom. The Labute approximate surface area is 173 Å². The number of hydrogen-bond acceptors (Lipinski definition) is 5. The summed E-state index contributed by atoms with van der Waals surface area (Å²) in [6, 6.07) is 9.94. The molecule has 3 rings (SSSR count). The number of benzene rings is 1. The van der Waals surface area contributed by atoms with Gasteiger partial charge in [-0.2, -0.15) is 0 Å². The van der Waals surface area contributed by atoms with Gasteiger partial charge in [0.05, 0.1) is 23.7 Å². The molecule has 0 unspecified atom stereocenters. The zero-order valence-electron chi connectivity index (χ0n) is 17.4. The molecule has 0 radical (unpaired) electrons. The summed E-state index contributed by atoms with van der Waals surface area (Å²) >= 11 is 0. The van der Waals surface area contributed by atoms with Crippen molar-refractivity contribution >= 4 is 15.7 Å². The second kappa shape index (κ2) is 9.09. The van der Waals surface area contributed by atoms with E-state index in [0.29, 0.717) is 19.6 Å². The van der Waals surface area contributed by atoms with E-state index in [1.807, 2.05) is 36.7 Å². The summed E-state index contributed by atoms with van der Waals surface area (Å²) in [4.78, 5) is 20.4. The lowest BCUT2D eigenvalue weighted by atomic mass is 10.1. The van der Waals surface area contributed by atoms with Crippen LogP contribution in [-0.4, -0.2) is 65.6 Å². The molecule has 0 bridgehead atoms. The fourth-order valence-corrected chi connectivity index (χ4v) is 4.72. The lowest BCUT2D eigenvalue weighted by Gasteiger charge is -2.37. The zero-order valence-corrected chi connectivity index (χ0v) is 18.2. The summed E-state index contributed by atoms with van der Waals surface area (Å²) in [5.41, 5.74) is 2.07. The minimum Gasteiger partial charge on any atom is -0.343 e. The summed E-state index contributed by atoms with van der Waals surface area (Å²) in [5, 5.41) is 0.135. The van der Waals surface area contributed by atoms with Crippen molar-refractivity contribution < 1.29 is 13.2 Å². The normalized spacial score (nSPS) is 18.4. The first-order valence-electron chi connectivity index (χ1n) is 10.1. The van der Waals surface area contributed by atoms with Gasteiger partial charge in [-0.3, -0.25) is 9.69 Å². The summed E-state index contributed by atoms with van der Waals surface area (Å²) in [5.74, 6) is 0.110. The van der Waals surface area contributed by atoms with Crippen LogP contribution in [0, 0.1) is 0 Å². The van der Waals surface area contributed by atoms with Crippen molar-refractivity contribution in [3.8, 4) is 0 Å². The SMILES string of the molecule is CCS(=O)(=O)c1ncc(CN2CCN(C)C(=O)[C@@H]2C)n1CCCc1ccccc1. The summed E-state index contributed by atoms with van der Waals surface area (Å²) in [6.45, 7) is 6.06. The zero-order chi connectivity index (χ0) is 21.0. The maximum absolute atomic E-state index is 12.6. The van der Waals surface area contributed by atoms with Gasteiger partial charge in [0.25, 0.3) is 0 Å². The molecule has 2 heterocycles. The number of aryl methyl sites for hydroxylation is 1. The Balaban J connectivity index is 1.80. The predicted octanol–water partition coefficient (Wildman–Crippen LogP) is 1.97. The third-order valence-electron chi connectivity index (χ3n) is 5.62. The Morgan fingerprint density at radius 2 is 1.90 bits per heavy atom. The van der Waals surface area contributed by atoms with E-state index in [1.54, 1.807) is 18.0 Å². The van der Waals surface area contributed by atoms with Gasteiger partial charge in [-0.1, -0.05) is 37.3 Å². The number of amides is 1. The van der Waals surface area contributed by atoms with Gasteiger partial charge in [0.2, 0.25) is 20.9 Å². The molecule has 1 aromatic heterocycles. The molecule has 0 aliphatic carbocycles. The maximum atomic E-state index is 12.6. The summed E-state index contributed by atoms with van der Waals surface area (Å²) < 4.78 is 27.0. The third kappa shape index (κ3) is 4.87. The van der Waals surface area contributed by atoms with Crippen LogP contribution in [0.5, 0.6) is 0 Å². The van der Waals surface area contributed by atoms with E-state index in [1.165, 1.54) is 5.56 Å². The Morgan fingerprint density at radius 1 is 1.17 bits per heavy atom. The smallest absolute Gasteiger partial charge is 0.239 e. The summed E-state index contributed by atoms with van der Waals surface area (Å²) in [7, 11) is -1.60. The Kier molecular flexibility index (Phi) is 6.74. The first-order valence-corrected chi connectivity index (χ1v) is 11.8. The fraction of sp³-hybridized carbons (Fsp3) is 0.524. The van der Waals surface area contributed by atoms with E-state index in [2.05, 4.69) is 22.0 Å². The van der Waals surface area contributed by atoms with Gasteiger partial charge in [-0.05, 0) is 25.3 Å². The van der Waals surface area contributed by atoms with Gasteiger partial charge in [0, 0.05) is 33.2 Å². The Hall–Kier alpha value is -2.19. The van der Waals surface area contributed by atoms with Crippen LogP contribution in [0.2, 0.25) is 0 Å². The number of nitrogens with zero attached hydrogens (tertiary/aromatic N) is 4. The molecule has 158 valence electrons. The lowest BCUT2D eigenvalue weighted by molar-refractivity contribution is -0.139. The molecule has 1 aliphatic heterocycles. The van der Waals surface area contributed by atoms with E-state index < -0.39 is 9.84 Å². The standard InChI is InChI=1S/C21H30N4O3S/c1-4-29(27,28)21-22-15-19(16-24-14-13-23(3)20(26)17(24)2)25(21)12-8-11-18-9-6-5-7-10-18/h5-7,9-10,15,17H,4,8,11-14,16H2,1-3H3/t17-/m0/s1. The molecule has 8 heteroatoms. The highest BCUT2D eigenvalue weighted by molar-refractivity contribution is 7.91. The molecule has 1 saturated heterocycles. The van der Waals surface area contributed by atoms with Crippen LogP contribution in [0.25, 0.3) is 0 Å². The number of piperazine rings is 1. The van der Waals surface area contributed by atoms with Crippen LogP contribution in [0.1, 0.15) is 31.5 Å². The van der Waals surface area contributed by atoms with Crippen molar-refractivity contribution in [1.82, 2.24) is 19.4 Å². The minimum absolute atomic E-state index is 0.0194. The molecule has 0 spiro atoms. The minimum atomic E-state index is -3.42. The molecule has 0 N–H and O–H groups in total. The van der Waals surface area contributed by atoms with Crippen LogP contribution in [-0.2, 0) is 34.1 Å². The number of aromatic nitrogens is 2. The maximum Gasteiger partial charge on any atom is 0.239 e. The van der Waals surface area contributed by atoms with Crippen molar-refractivity contribution in [2.24, 2.45) is 0 Å². The highest BCUT2D eigenvalue weighted by Crippen LogP contribution is 2.19. The third-order valence-corrected chi connectivity index (χ3v) is 7.26. The quantitative estimate of drug-likeness (QED) is 0.655. The molecule has 2 aromatic rings. The fourth-order valence-electron chi connectivity index (χ4n) is 3.70. The average Bonchev–Trinajstić information content (AvgIpc) is 3.12. The van der Waals surface area contributed by atoms with E-state index >= 15 is 0 Å². The average molecular weight is 419 g/mol. The van der Waals surface area contributed by atoms with Crippen LogP contribution in [0.4, 0.5) is 0 Å². The van der Waals surface area contributed by atoms with Crippen molar-refractivity contribution in [2.45, 2.75) is 51.0 Å². The highest BCUT2D eigenvalue weighted by atomic mass is 32.2. The molecule has 0 saturated carbocycles. The molecule has 1 atom stereocenters. The molecule has 1 amide bonds. The van der Waals surface area contributed by atoms with Crippen molar-refractivity contribution in [2.75, 3.05) is 25.9 Å². The first kappa shape index (κ1) is 21.5. The monoisotopic (exact) mass is 418 g/mol. The van der Waals surface area contributed by atoms with Crippen LogP contribution >= 0.6 is 0 Å². The number of carbonyl (C=O) groups excluding carboxylic acids is 1. The molecule has 7 nitrogen and oxygen atoms in total. The van der Waals surface area contributed by atoms with Gasteiger partial charge in [-0.25, -0.2) is 13.4 Å². The first-order chi connectivity index (χ1) is 13.8. The number of hydrogen-bond donors (Lipinski definition) is 0. The van der Waals surface area contributed by atoms with Crippen molar-refractivity contribution in [3.63, 3.8) is 0 Å². The van der Waals surface area contributed by atoms with E-state index in [4.69, 9.17) is 0 Å². The molecule has 29 heavy (non-hydrogen) atoms. The number of carbonyl (C=O) groups is 1. The molecule has 1 aromatic carbocycles. The summed E-state index contributed by atoms with van der Waals surface area (Å²) in [6.07, 6.45) is 3.34. The van der Waals surface area contributed by atoms with Crippen LogP contribution < -0.4 is 0 Å². The topological polar surface area (TPSA) is 75.5 Å². The van der Waals surface area contributed by atoms with E-state index in [9.17, 15) is 13.2 Å². The van der Waals surface area contributed by atoms with Crippen molar-refractivity contribution in [1.29, 1.82) is 0 Å². The molecule has 1 fully saturated rings. The van der Waals surface area contributed by atoms with Gasteiger partial charge in [0.1, 0.15) is 0 Å². The van der Waals surface area contributed by atoms with Gasteiger partial charge in [-0.15, -0.1) is 0 Å². The number of imidazole rings is 1. The van der Waals surface area contributed by atoms with Crippen molar-refractivity contribution in [3.05, 3.63) is 47.8 Å². The van der Waals surface area contributed by atoms with Gasteiger partial charge in [0.15, 0.2) is 0 Å². The molecular formula is C21H30N4O3S. The van der Waals surface area contributed by atoms with E-state index in [-0.39, 0.29) is 22.9 Å².